The highest BCUT2D eigenvalue weighted by atomic mass is 16.2. The highest BCUT2D eigenvalue weighted by Crippen LogP contribution is 2.17. The summed E-state index contributed by atoms with van der Waals surface area (Å²) >= 11 is 0. The van der Waals surface area contributed by atoms with E-state index >= 15 is 0 Å². The first kappa shape index (κ1) is 20.7. The zero-order chi connectivity index (χ0) is 19.6. The Morgan fingerprint density at radius 3 is 2.00 bits per heavy atom. The van der Waals surface area contributed by atoms with Crippen LogP contribution in [0.5, 0.6) is 0 Å². The molecule has 0 aliphatic carbocycles. The minimum Gasteiger partial charge on any atom is -0.354 e. The fraction of sp³-hybridized carbons (Fsp3) is 0.391. The van der Waals surface area contributed by atoms with Gasteiger partial charge < -0.3 is 10.2 Å². The summed E-state index contributed by atoms with van der Waals surface area (Å²) in [5.74, 6) is -0.275. The Kier molecular flexibility index (Phi) is 8.05. The van der Waals surface area contributed by atoms with Crippen molar-refractivity contribution in [2.75, 3.05) is 6.54 Å². The standard InChI is InChI=1S/C23H30N2O2/c1-4-15-24-22(26)21(16-19-11-7-5-8-12-19)25(23(27)18(2)3)17-20-13-9-6-10-14-20/h5-14,18,21H,4,15-17H2,1-3H3,(H,24,26)/t21-/m1/s1. The highest BCUT2D eigenvalue weighted by Gasteiger charge is 2.31. The molecule has 0 heterocycles. The van der Waals surface area contributed by atoms with Gasteiger partial charge in [0.15, 0.2) is 0 Å². The monoisotopic (exact) mass is 366 g/mol. The predicted octanol–water partition coefficient (Wildman–Crippen LogP) is 3.81. The van der Waals surface area contributed by atoms with E-state index in [0.717, 1.165) is 17.5 Å². The Balaban J connectivity index is 2.34. The summed E-state index contributed by atoms with van der Waals surface area (Å²) < 4.78 is 0. The van der Waals surface area contributed by atoms with Gasteiger partial charge in [-0.3, -0.25) is 9.59 Å². The lowest BCUT2D eigenvalue weighted by Crippen LogP contribution is -2.51. The van der Waals surface area contributed by atoms with Crippen molar-refractivity contribution in [1.82, 2.24) is 10.2 Å². The summed E-state index contributed by atoms with van der Waals surface area (Å²) in [6.07, 6.45) is 1.36. The van der Waals surface area contributed by atoms with E-state index in [4.69, 9.17) is 0 Å². The third kappa shape index (κ3) is 6.24. The van der Waals surface area contributed by atoms with Gasteiger partial charge in [0.25, 0.3) is 0 Å². The molecule has 1 N–H and O–H groups in total. The lowest BCUT2D eigenvalue weighted by atomic mass is 10.0. The molecular formula is C23H30N2O2. The number of nitrogens with zero attached hydrogens (tertiary/aromatic N) is 1. The van der Waals surface area contributed by atoms with E-state index in [-0.39, 0.29) is 17.7 Å². The summed E-state index contributed by atoms with van der Waals surface area (Å²) in [5.41, 5.74) is 2.07. The van der Waals surface area contributed by atoms with Crippen LogP contribution in [0.1, 0.15) is 38.3 Å². The van der Waals surface area contributed by atoms with E-state index < -0.39 is 6.04 Å². The number of nitrogens with one attached hydrogen (secondary N) is 1. The summed E-state index contributed by atoms with van der Waals surface area (Å²) in [4.78, 5) is 27.7. The lowest BCUT2D eigenvalue weighted by Gasteiger charge is -2.32. The van der Waals surface area contributed by atoms with Crippen LogP contribution in [0.15, 0.2) is 60.7 Å². The van der Waals surface area contributed by atoms with E-state index in [9.17, 15) is 9.59 Å². The molecule has 2 aromatic rings. The van der Waals surface area contributed by atoms with Crippen LogP contribution < -0.4 is 5.32 Å². The average Bonchev–Trinajstić information content (AvgIpc) is 2.69. The zero-order valence-corrected chi connectivity index (χ0v) is 16.5. The summed E-state index contributed by atoms with van der Waals surface area (Å²) in [6.45, 7) is 6.81. The topological polar surface area (TPSA) is 49.4 Å². The molecule has 4 nitrogen and oxygen atoms in total. The summed E-state index contributed by atoms with van der Waals surface area (Å²) in [5, 5.41) is 2.98. The third-order valence-corrected chi connectivity index (χ3v) is 4.47. The van der Waals surface area contributed by atoms with Crippen LogP contribution in [0.3, 0.4) is 0 Å². The lowest BCUT2D eigenvalue weighted by molar-refractivity contribution is -0.143. The second-order valence-corrected chi connectivity index (χ2v) is 7.10. The molecule has 2 amide bonds. The summed E-state index contributed by atoms with van der Waals surface area (Å²) in [6, 6.07) is 19.2. The maximum Gasteiger partial charge on any atom is 0.243 e. The van der Waals surface area contributed by atoms with Crippen LogP contribution in [-0.4, -0.2) is 29.3 Å². The first-order chi connectivity index (χ1) is 13.0. The first-order valence-electron chi connectivity index (χ1n) is 9.69. The van der Waals surface area contributed by atoms with Gasteiger partial charge >= 0.3 is 0 Å². The van der Waals surface area contributed by atoms with E-state index in [0.29, 0.717) is 19.5 Å². The molecule has 144 valence electrons. The zero-order valence-electron chi connectivity index (χ0n) is 16.5. The maximum atomic E-state index is 13.0. The Morgan fingerprint density at radius 2 is 1.48 bits per heavy atom. The molecule has 2 aromatic carbocycles. The molecule has 0 radical (unpaired) electrons. The quantitative estimate of drug-likeness (QED) is 0.734. The van der Waals surface area contributed by atoms with Crippen molar-refractivity contribution < 1.29 is 9.59 Å². The Hall–Kier alpha value is -2.62. The van der Waals surface area contributed by atoms with E-state index in [2.05, 4.69) is 5.32 Å². The largest absolute Gasteiger partial charge is 0.354 e. The van der Waals surface area contributed by atoms with Crippen LogP contribution in [0.2, 0.25) is 0 Å². The van der Waals surface area contributed by atoms with Gasteiger partial charge in [-0.2, -0.15) is 0 Å². The van der Waals surface area contributed by atoms with E-state index in [1.165, 1.54) is 0 Å². The van der Waals surface area contributed by atoms with E-state index in [1.807, 2.05) is 81.4 Å². The highest BCUT2D eigenvalue weighted by molar-refractivity contribution is 5.88. The molecular weight excluding hydrogens is 336 g/mol. The number of hydrogen-bond donors (Lipinski definition) is 1. The third-order valence-electron chi connectivity index (χ3n) is 4.47. The van der Waals surface area contributed by atoms with Gasteiger partial charge in [-0.15, -0.1) is 0 Å². The van der Waals surface area contributed by atoms with Gasteiger partial charge in [0.2, 0.25) is 11.8 Å². The SMILES string of the molecule is CCCNC(=O)[C@@H](Cc1ccccc1)N(Cc1ccccc1)C(=O)C(C)C. The normalized spacial score (nSPS) is 11.9. The van der Waals surface area contributed by atoms with Crippen LogP contribution in [0.4, 0.5) is 0 Å². The number of rotatable bonds is 9. The molecule has 0 unspecified atom stereocenters. The van der Waals surface area contributed by atoms with Crippen LogP contribution >= 0.6 is 0 Å². The van der Waals surface area contributed by atoms with Crippen molar-refractivity contribution in [1.29, 1.82) is 0 Å². The number of benzene rings is 2. The average molecular weight is 367 g/mol. The molecule has 0 saturated heterocycles. The number of hydrogen-bond acceptors (Lipinski definition) is 2. The first-order valence-corrected chi connectivity index (χ1v) is 9.69. The molecule has 0 fully saturated rings. The van der Waals surface area contributed by atoms with E-state index in [1.54, 1.807) is 4.90 Å². The molecule has 0 aromatic heterocycles. The molecule has 0 spiro atoms. The molecule has 1 atom stereocenters. The summed E-state index contributed by atoms with van der Waals surface area (Å²) in [7, 11) is 0. The van der Waals surface area contributed by atoms with Crippen molar-refractivity contribution in [3.8, 4) is 0 Å². The maximum absolute atomic E-state index is 13.0. The fourth-order valence-corrected chi connectivity index (χ4v) is 3.00. The Morgan fingerprint density at radius 1 is 0.926 bits per heavy atom. The van der Waals surface area contributed by atoms with Gasteiger partial charge in [-0.25, -0.2) is 0 Å². The Bertz CT molecular complexity index is 714. The van der Waals surface area contributed by atoms with Crippen molar-refractivity contribution in [3.63, 3.8) is 0 Å². The second-order valence-electron chi connectivity index (χ2n) is 7.10. The van der Waals surface area contributed by atoms with Crippen LogP contribution in [-0.2, 0) is 22.6 Å². The van der Waals surface area contributed by atoms with Gasteiger partial charge in [0, 0.05) is 25.4 Å². The smallest absolute Gasteiger partial charge is 0.243 e. The number of carbonyl (C=O) groups is 2. The van der Waals surface area contributed by atoms with Crippen molar-refractivity contribution in [2.24, 2.45) is 5.92 Å². The molecule has 2 rings (SSSR count). The minimum absolute atomic E-state index is 0.00793. The molecule has 0 saturated carbocycles. The molecule has 0 bridgehead atoms. The van der Waals surface area contributed by atoms with Crippen molar-refractivity contribution in [3.05, 3.63) is 71.8 Å². The molecule has 27 heavy (non-hydrogen) atoms. The van der Waals surface area contributed by atoms with Gasteiger partial charge in [-0.05, 0) is 17.5 Å². The van der Waals surface area contributed by atoms with Crippen LogP contribution in [0, 0.1) is 5.92 Å². The number of carbonyl (C=O) groups excluding carboxylic acids is 2. The fourth-order valence-electron chi connectivity index (χ4n) is 3.00. The molecule has 4 heteroatoms. The van der Waals surface area contributed by atoms with Gasteiger partial charge in [0.05, 0.1) is 0 Å². The minimum atomic E-state index is -0.533. The number of amides is 2. The Labute approximate surface area is 162 Å². The second kappa shape index (κ2) is 10.5. The van der Waals surface area contributed by atoms with Gasteiger partial charge in [0.1, 0.15) is 6.04 Å². The van der Waals surface area contributed by atoms with Gasteiger partial charge in [-0.1, -0.05) is 81.4 Å². The van der Waals surface area contributed by atoms with Crippen molar-refractivity contribution >= 4 is 11.8 Å². The van der Waals surface area contributed by atoms with Crippen LogP contribution in [0.25, 0.3) is 0 Å². The molecule has 0 aliphatic heterocycles. The predicted molar refractivity (Wildman–Crippen MR) is 109 cm³/mol. The van der Waals surface area contributed by atoms with Crippen molar-refractivity contribution in [2.45, 2.75) is 46.2 Å². The molecule has 0 aliphatic rings.